The molecule has 2 aliphatic carbocycles. The Balaban J connectivity index is 1.54. The van der Waals surface area contributed by atoms with Crippen LogP contribution in [0.4, 0.5) is 0 Å². The zero-order valence-electron chi connectivity index (χ0n) is 11.7. The average Bonchev–Trinajstić information content (AvgIpc) is 2.79. The minimum atomic E-state index is 0.566. The van der Waals surface area contributed by atoms with E-state index in [0.29, 0.717) is 17.5 Å². The van der Waals surface area contributed by atoms with Gasteiger partial charge in [-0.1, -0.05) is 32.0 Å². The molecule has 102 valence electrons. The van der Waals surface area contributed by atoms with E-state index in [1.807, 2.05) is 11.8 Å². The molecule has 1 heterocycles. The summed E-state index contributed by atoms with van der Waals surface area (Å²) in [5, 5.41) is 4.97. The van der Waals surface area contributed by atoms with Crippen LogP contribution in [0.15, 0.2) is 4.99 Å². The van der Waals surface area contributed by atoms with E-state index in [1.165, 1.54) is 55.9 Å². The lowest BCUT2D eigenvalue weighted by atomic mass is 9.76. The number of aliphatic imine (C=N–C) groups is 1. The van der Waals surface area contributed by atoms with Gasteiger partial charge in [0.25, 0.3) is 0 Å². The fourth-order valence-electron chi connectivity index (χ4n) is 3.55. The van der Waals surface area contributed by atoms with E-state index < -0.39 is 0 Å². The van der Waals surface area contributed by atoms with Crippen LogP contribution in [-0.2, 0) is 0 Å². The van der Waals surface area contributed by atoms with E-state index in [0.717, 1.165) is 5.92 Å². The molecule has 0 aromatic carbocycles. The quantitative estimate of drug-likeness (QED) is 0.780. The molecule has 3 aliphatic rings. The average molecular weight is 266 g/mol. The molecule has 2 saturated carbocycles. The van der Waals surface area contributed by atoms with E-state index in [9.17, 15) is 0 Å². The van der Waals surface area contributed by atoms with E-state index in [-0.39, 0.29) is 0 Å². The maximum absolute atomic E-state index is 4.94. The Morgan fingerprint density at radius 2 is 1.94 bits per heavy atom. The molecular formula is C15H26N2S. The van der Waals surface area contributed by atoms with Gasteiger partial charge in [0.15, 0.2) is 5.17 Å². The Kier molecular flexibility index (Phi) is 3.61. The fraction of sp³-hybridized carbons (Fsp3) is 0.933. The van der Waals surface area contributed by atoms with E-state index in [2.05, 4.69) is 19.2 Å². The Labute approximate surface area is 115 Å². The Bertz CT molecular complexity index is 327. The minimum Gasteiger partial charge on any atom is -0.362 e. The number of fused-ring (bicyclic) bond motifs is 1. The first-order valence-electron chi connectivity index (χ1n) is 7.59. The van der Waals surface area contributed by atoms with Crippen molar-refractivity contribution in [2.75, 3.05) is 5.75 Å². The maximum Gasteiger partial charge on any atom is 0.157 e. The van der Waals surface area contributed by atoms with Gasteiger partial charge in [-0.3, -0.25) is 4.99 Å². The van der Waals surface area contributed by atoms with Gasteiger partial charge in [0.1, 0.15) is 0 Å². The molecule has 2 nitrogen and oxygen atoms in total. The molecule has 0 aromatic heterocycles. The van der Waals surface area contributed by atoms with Gasteiger partial charge in [0, 0.05) is 11.8 Å². The van der Waals surface area contributed by atoms with Crippen LogP contribution in [0.1, 0.15) is 58.8 Å². The molecule has 3 rings (SSSR count). The number of rotatable bonds is 1. The zero-order chi connectivity index (χ0) is 12.6. The van der Waals surface area contributed by atoms with Gasteiger partial charge in [-0.15, -0.1) is 0 Å². The standard InChI is InChI=1S/C15H26N2S/c1-15(2)8-6-12(7-9-15)16-14-17-13-5-3-4-11(13)10-18-14/h11-13H,3-10H2,1-2H3,(H,16,17). The SMILES string of the molecule is CC1(C)CCC(NC2=NC3CCCC3CS2)CC1. The number of amidine groups is 1. The first kappa shape index (κ1) is 12.8. The van der Waals surface area contributed by atoms with Crippen molar-refractivity contribution in [3.05, 3.63) is 0 Å². The third-order valence-electron chi connectivity index (χ3n) is 5.00. The van der Waals surface area contributed by atoms with Crippen molar-refractivity contribution in [3.8, 4) is 0 Å². The van der Waals surface area contributed by atoms with Gasteiger partial charge in [-0.2, -0.15) is 0 Å². The molecule has 0 spiro atoms. The third-order valence-corrected chi connectivity index (χ3v) is 6.09. The monoisotopic (exact) mass is 266 g/mol. The van der Waals surface area contributed by atoms with Crippen molar-refractivity contribution in [1.29, 1.82) is 0 Å². The van der Waals surface area contributed by atoms with Crippen molar-refractivity contribution in [2.45, 2.75) is 70.9 Å². The van der Waals surface area contributed by atoms with Crippen LogP contribution in [-0.4, -0.2) is 23.0 Å². The molecule has 1 aliphatic heterocycles. The highest BCUT2D eigenvalue weighted by Gasteiger charge is 2.32. The summed E-state index contributed by atoms with van der Waals surface area (Å²) in [6, 6.07) is 1.33. The van der Waals surface area contributed by atoms with Crippen LogP contribution in [0.3, 0.4) is 0 Å². The molecule has 0 aromatic rings. The van der Waals surface area contributed by atoms with Gasteiger partial charge in [-0.05, 0) is 49.9 Å². The second-order valence-electron chi connectivity index (χ2n) is 7.09. The molecule has 0 bridgehead atoms. The van der Waals surface area contributed by atoms with E-state index >= 15 is 0 Å². The van der Waals surface area contributed by atoms with E-state index in [1.54, 1.807) is 0 Å². The van der Waals surface area contributed by atoms with Gasteiger partial charge >= 0.3 is 0 Å². The summed E-state index contributed by atoms with van der Waals surface area (Å²) in [6.45, 7) is 4.80. The summed E-state index contributed by atoms with van der Waals surface area (Å²) in [6.07, 6.45) is 9.48. The summed E-state index contributed by atoms with van der Waals surface area (Å²) >= 11 is 1.97. The Hall–Kier alpha value is -0.180. The van der Waals surface area contributed by atoms with Crippen molar-refractivity contribution < 1.29 is 0 Å². The van der Waals surface area contributed by atoms with Crippen molar-refractivity contribution in [1.82, 2.24) is 5.32 Å². The molecule has 0 saturated heterocycles. The predicted molar refractivity (Wildman–Crippen MR) is 80.2 cm³/mol. The molecule has 0 radical (unpaired) electrons. The van der Waals surface area contributed by atoms with Crippen LogP contribution in [0.5, 0.6) is 0 Å². The number of thioether (sulfide) groups is 1. The lowest BCUT2D eigenvalue weighted by molar-refractivity contribution is 0.217. The maximum atomic E-state index is 4.94. The smallest absolute Gasteiger partial charge is 0.157 e. The minimum absolute atomic E-state index is 0.566. The number of nitrogens with one attached hydrogen (secondary N) is 1. The molecule has 18 heavy (non-hydrogen) atoms. The van der Waals surface area contributed by atoms with Gasteiger partial charge in [0.2, 0.25) is 0 Å². The lowest BCUT2D eigenvalue weighted by Crippen LogP contribution is -2.40. The lowest BCUT2D eigenvalue weighted by Gasteiger charge is -2.36. The molecule has 2 fully saturated rings. The largest absolute Gasteiger partial charge is 0.362 e. The summed E-state index contributed by atoms with van der Waals surface area (Å²) < 4.78 is 0. The van der Waals surface area contributed by atoms with Crippen LogP contribution in [0.25, 0.3) is 0 Å². The molecule has 1 N–H and O–H groups in total. The number of hydrogen-bond donors (Lipinski definition) is 1. The normalized spacial score (nSPS) is 36.0. The summed E-state index contributed by atoms with van der Waals surface area (Å²) in [5.41, 5.74) is 0.566. The highest BCUT2D eigenvalue weighted by atomic mass is 32.2. The zero-order valence-corrected chi connectivity index (χ0v) is 12.6. The first-order valence-corrected chi connectivity index (χ1v) is 8.58. The molecule has 0 amide bonds. The Morgan fingerprint density at radius 1 is 1.17 bits per heavy atom. The summed E-state index contributed by atoms with van der Waals surface area (Å²) in [7, 11) is 0. The number of hydrogen-bond acceptors (Lipinski definition) is 3. The van der Waals surface area contributed by atoms with Gasteiger partial charge in [0.05, 0.1) is 6.04 Å². The van der Waals surface area contributed by atoms with Crippen LogP contribution in [0, 0.1) is 11.3 Å². The Morgan fingerprint density at radius 3 is 2.72 bits per heavy atom. The van der Waals surface area contributed by atoms with Crippen molar-refractivity contribution in [2.24, 2.45) is 16.3 Å². The molecule has 2 unspecified atom stereocenters. The highest BCUT2D eigenvalue weighted by Crippen LogP contribution is 2.37. The first-order chi connectivity index (χ1) is 8.62. The van der Waals surface area contributed by atoms with Crippen LogP contribution >= 0.6 is 11.8 Å². The molecular weight excluding hydrogens is 240 g/mol. The van der Waals surface area contributed by atoms with Crippen LogP contribution < -0.4 is 5.32 Å². The summed E-state index contributed by atoms with van der Waals surface area (Å²) in [4.78, 5) is 4.94. The second-order valence-corrected chi connectivity index (χ2v) is 8.10. The van der Waals surface area contributed by atoms with Crippen molar-refractivity contribution >= 4 is 16.9 Å². The predicted octanol–water partition coefficient (Wildman–Crippen LogP) is 3.82. The number of nitrogens with zero attached hydrogens (tertiary/aromatic N) is 1. The van der Waals surface area contributed by atoms with Crippen molar-refractivity contribution in [3.63, 3.8) is 0 Å². The third kappa shape index (κ3) is 2.87. The topological polar surface area (TPSA) is 24.4 Å². The molecule has 3 heteroatoms. The summed E-state index contributed by atoms with van der Waals surface area (Å²) in [5.74, 6) is 2.18. The van der Waals surface area contributed by atoms with E-state index in [4.69, 9.17) is 4.99 Å². The second kappa shape index (κ2) is 5.07. The fourth-order valence-corrected chi connectivity index (χ4v) is 4.77. The van der Waals surface area contributed by atoms with Gasteiger partial charge in [-0.25, -0.2) is 0 Å². The van der Waals surface area contributed by atoms with Crippen LogP contribution in [0.2, 0.25) is 0 Å². The molecule has 2 atom stereocenters. The highest BCUT2D eigenvalue weighted by molar-refractivity contribution is 8.13. The van der Waals surface area contributed by atoms with Gasteiger partial charge < -0.3 is 5.32 Å².